The predicted octanol–water partition coefficient (Wildman–Crippen LogP) is 13.4. The Kier molecular flexibility index (Phi) is 6.25. The van der Waals surface area contributed by atoms with Crippen LogP contribution in [0, 0.1) is 0 Å². The van der Waals surface area contributed by atoms with Crippen molar-refractivity contribution in [1.29, 1.82) is 0 Å². The van der Waals surface area contributed by atoms with E-state index in [0.717, 1.165) is 5.52 Å². The number of nitrogens with one attached hydrogen (secondary N) is 1. The summed E-state index contributed by atoms with van der Waals surface area (Å²) in [5.74, 6) is 0. The van der Waals surface area contributed by atoms with Crippen LogP contribution in [0.4, 0.5) is 0 Å². The van der Waals surface area contributed by atoms with Gasteiger partial charge in [-0.3, -0.25) is 0 Å². The summed E-state index contributed by atoms with van der Waals surface area (Å²) < 4.78 is 0. The largest absolute Gasteiger partial charge is 0.354 e. The van der Waals surface area contributed by atoms with Crippen molar-refractivity contribution in [1.82, 2.24) is 4.98 Å². The number of benzene rings is 9. The van der Waals surface area contributed by atoms with Gasteiger partial charge >= 0.3 is 0 Å². The smallest absolute Gasteiger partial charge is 0.0544 e. The lowest BCUT2D eigenvalue weighted by Crippen LogP contribution is -1.91. The molecule has 0 aliphatic carbocycles. The van der Waals surface area contributed by atoms with Crippen LogP contribution >= 0.6 is 0 Å². The molecule has 10 aromatic rings. The maximum atomic E-state index is 3.76. The molecule has 0 spiro atoms. The van der Waals surface area contributed by atoms with Gasteiger partial charge < -0.3 is 4.98 Å². The van der Waals surface area contributed by atoms with Crippen LogP contribution in [0.5, 0.6) is 0 Å². The van der Waals surface area contributed by atoms with E-state index in [-0.39, 0.29) is 0 Å². The third kappa shape index (κ3) is 4.47. The number of hydrogen-bond donors (Lipinski definition) is 1. The van der Waals surface area contributed by atoms with E-state index >= 15 is 0 Å². The monoisotopic (exact) mass is 621 g/mol. The third-order valence-corrected chi connectivity index (χ3v) is 10.2. The molecular weight excluding hydrogens is 591 g/mol. The molecule has 0 saturated heterocycles. The number of aromatic amines is 1. The van der Waals surface area contributed by atoms with Gasteiger partial charge in [0.05, 0.1) is 5.52 Å². The van der Waals surface area contributed by atoms with Crippen molar-refractivity contribution in [2.75, 3.05) is 0 Å². The van der Waals surface area contributed by atoms with Crippen LogP contribution in [0.1, 0.15) is 0 Å². The van der Waals surface area contributed by atoms with E-state index in [4.69, 9.17) is 0 Å². The van der Waals surface area contributed by atoms with Crippen LogP contribution in [0.15, 0.2) is 182 Å². The molecule has 0 fully saturated rings. The summed E-state index contributed by atoms with van der Waals surface area (Å²) >= 11 is 0. The van der Waals surface area contributed by atoms with E-state index in [2.05, 4.69) is 187 Å². The maximum Gasteiger partial charge on any atom is 0.0544 e. The predicted molar refractivity (Wildman–Crippen MR) is 210 cm³/mol. The van der Waals surface area contributed by atoms with Gasteiger partial charge in [0.2, 0.25) is 0 Å². The first-order chi connectivity index (χ1) is 24.3. The highest BCUT2D eigenvalue weighted by Crippen LogP contribution is 2.44. The van der Waals surface area contributed by atoms with E-state index in [1.54, 1.807) is 0 Å². The van der Waals surface area contributed by atoms with Crippen molar-refractivity contribution < 1.29 is 0 Å². The molecular formula is C48H31N. The Hall–Kier alpha value is -6.44. The minimum atomic E-state index is 1.16. The SMILES string of the molecule is c1ccc(-c2ccc(-c3c4ccccc4c(-c4cccc(-c5ccc6c(c5)[nH]c5c7ccccc7ccc65)c4)c4ccccc34)cc2)cc1. The van der Waals surface area contributed by atoms with Crippen LogP contribution in [0.3, 0.4) is 0 Å². The van der Waals surface area contributed by atoms with Gasteiger partial charge in [-0.05, 0) is 83.6 Å². The fourth-order valence-corrected chi connectivity index (χ4v) is 7.89. The number of rotatable bonds is 4. The highest BCUT2D eigenvalue weighted by atomic mass is 14.7. The average molecular weight is 622 g/mol. The molecule has 0 unspecified atom stereocenters. The van der Waals surface area contributed by atoms with Crippen molar-refractivity contribution in [3.8, 4) is 44.5 Å². The summed E-state index contributed by atoms with van der Waals surface area (Å²) in [5.41, 5.74) is 12.2. The summed E-state index contributed by atoms with van der Waals surface area (Å²) in [6, 6.07) is 66.4. The lowest BCUT2D eigenvalue weighted by atomic mass is 9.85. The van der Waals surface area contributed by atoms with E-state index in [1.807, 2.05) is 0 Å². The van der Waals surface area contributed by atoms with Crippen molar-refractivity contribution in [3.63, 3.8) is 0 Å². The molecule has 0 aliphatic heterocycles. The second-order valence-corrected chi connectivity index (χ2v) is 13.0. The fraction of sp³-hybridized carbons (Fsp3) is 0. The van der Waals surface area contributed by atoms with Gasteiger partial charge in [-0.1, -0.05) is 170 Å². The Morgan fingerprint density at radius 2 is 0.755 bits per heavy atom. The number of H-pyrrole nitrogens is 1. The first-order valence-electron chi connectivity index (χ1n) is 16.9. The molecule has 0 bridgehead atoms. The van der Waals surface area contributed by atoms with E-state index in [9.17, 15) is 0 Å². The molecule has 1 aromatic heterocycles. The van der Waals surface area contributed by atoms with Crippen molar-refractivity contribution in [3.05, 3.63) is 182 Å². The van der Waals surface area contributed by atoms with Gasteiger partial charge in [-0.2, -0.15) is 0 Å². The van der Waals surface area contributed by atoms with Crippen LogP contribution < -0.4 is 0 Å². The van der Waals surface area contributed by atoms with Crippen LogP contribution in [0.2, 0.25) is 0 Å². The first kappa shape index (κ1) is 27.7. The van der Waals surface area contributed by atoms with Gasteiger partial charge in [0.1, 0.15) is 0 Å². The number of fused-ring (bicyclic) bond motifs is 7. The lowest BCUT2D eigenvalue weighted by Gasteiger charge is -2.18. The van der Waals surface area contributed by atoms with E-state index < -0.39 is 0 Å². The second kappa shape index (κ2) is 11.1. The van der Waals surface area contributed by atoms with E-state index in [0.29, 0.717) is 0 Å². The fourth-order valence-electron chi connectivity index (χ4n) is 7.89. The Bertz CT molecular complexity index is 2800. The molecule has 10 rings (SSSR count). The minimum Gasteiger partial charge on any atom is -0.354 e. The second-order valence-electron chi connectivity index (χ2n) is 13.0. The highest BCUT2D eigenvalue weighted by Gasteiger charge is 2.17. The molecule has 1 heterocycles. The Balaban J connectivity index is 1.13. The summed E-state index contributed by atoms with van der Waals surface area (Å²) in [5, 5.41) is 10.1. The summed E-state index contributed by atoms with van der Waals surface area (Å²) in [6.45, 7) is 0. The Labute approximate surface area is 284 Å². The molecule has 9 aromatic carbocycles. The van der Waals surface area contributed by atoms with Gasteiger partial charge in [0.25, 0.3) is 0 Å². The molecule has 0 saturated carbocycles. The van der Waals surface area contributed by atoms with Crippen LogP contribution in [0.25, 0.3) is 98.6 Å². The third-order valence-electron chi connectivity index (χ3n) is 10.2. The zero-order valence-electron chi connectivity index (χ0n) is 26.8. The van der Waals surface area contributed by atoms with Gasteiger partial charge in [-0.15, -0.1) is 0 Å². The summed E-state index contributed by atoms with van der Waals surface area (Å²) in [6.07, 6.45) is 0. The van der Waals surface area contributed by atoms with Crippen LogP contribution in [-0.4, -0.2) is 4.98 Å². The molecule has 1 nitrogen and oxygen atoms in total. The van der Waals surface area contributed by atoms with Crippen molar-refractivity contribution in [2.45, 2.75) is 0 Å². The van der Waals surface area contributed by atoms with E-state index in [1.165, 1.54) is 93.1 Å². The highest BCUT2D eigenvalue weighted by molar-refractivity contribution is 6.22. The molecule has 49 heavy (non-hydrogen) atoms. The quantitative estimate of drug-likeness (QED) is 0.188. The van der Waals surface area contributed by atoms with Gasteiger partial charge in [0.15, 0.2) is 0 Å². The lowest BCUT2D eigenvalue weighted by molar-refractivity contribution is 1.55. The Morgan fingerprint density at radius 3 is 1.47 bits per heavy atom. The zero-order chi connectivity index (χ0) is 32.3. The standard InChI is InChI=1S/C48H31N/c1-2-11-31(12-3-1)32-21-23-34(24-22-32)46-40-17-6-8-19-42(40)47(43-20-9-7-18-41(43)46)37-15-10-14-35(29-37)36-26-27-39-44-28-25-33-13-4-5-16-38(33)48(44)49-45(39)30-36/h1-30,49H. The molecule has 1 N–H and O–H groups in total. The molecule has 0 aliphatic rings. The van der Waals surface area contributed by atoms with Gasteiger partial charge in [-0.25, -0.2) is 0 Å². The Morgan fingerprint density at radius 1 is 0.265 bits per heavy atom. The maximum absolute atomic E-state index is 3.76. The molecule has 1 heteroatoms. The molecule has 0 radical (unpaired) electrons. The average Bonchev–Trinajstić information content (AvgIpc) is 3.56. The van der Waals surface area contributed by atoms with Crippen molar-refractivity contribution >= 4 is 54.1 Å². The molecule has 0 amide bonds. The number of aromatic nitrogens is 1. The van der Waals surface area contributed by atoms with Crippen molar-refractivity contribution in [2.24, 2.45) is 0 Å². The van der Waals surface area contributed by atoms with Gasteiger partial charge in [0, 0.05) is 21.7 Å². The summed E-state index contributed by atoms with van der Waals surface area (Å²) in [7, 11) is 0. The summed E-state index contributed by atoms with van der Waals surface area (Å²) in [4.78, 5) is 3.76. The number of hydrogen-bond acceptors (Lipinski definition) is 0. The molecule has 0 atom stereocenters. The molecule has 228 valence electrons. The normalized spacial score (nSPS) is 11.7. The minimum absolute atomic E-state index is 1.16. The topological polar surface area (TPSA) is 15.8 Å². The zero-order valence-corrected chi connectivity index (χ0v) is 26.8. The van der Waals surface area contributed by atoms with Crippen LogP contribution in [-0.2, 0) is 0 Å². The first-order valence-corrected chi connectivity index (χ1v) is 16.9.